The molecule has 0 aromatic carbocycles. The zero-order chi connectivity index (χ0) is 21.8. The predicted molar refractivity (Wildman–Crippen MR) is 120 cm³/mol. The van der Waals surface area contributed by atoms with Crippen molar-refractivity contribution >= 4 is 35.1 Å². The van der Waals surface area contributed by atoms with Gasteiger partial charge in [0.15, 0.2) is 0 Å². The normalized spacial score (nSPS) is 36.2. The molecule has 2 aliphatic rings. The van der Waals surface area contributed by atoms with Crippen LogP contribution in [0.2, 0.25) is 0 Å². The number of hydrogen-bond acceptors (Lipinski definition) is 7. The number of thioether (sulfide) groups is 1. The summed E-state index contributed by atoms with van der Waals surface area (Å²) in [6, 6.07) is 0. The van der Waals surface area contributed by atoms with Crippen LogP contribution < -0.4 is 5.32 Å². The molecule has 6 nitrogen and oxygen atoms in total. The van der Waals surface area contributed by atoms with Crippen LogP contribution in [0.4, 0.5) is 4.79 Å². The average molecular weight is 446 g/mol. The number of aliphatic hydroxyl groups is 1. The van der Waals surface area contributed by atoms with E-state index in [2.05, 4.69) is 25.2 Å². The number of hydrogen-bond donors (Lipinski definition) is 2. The second-order valence-corrected chi connectivity index (χ2v) is 9.77. The number of ether oxygens (including phenoxy) is 3. The highest BCUT2D eigenvalue weighted by Crippen LogP contribution is 2.55. The Balaban J connectivity index is 2.23. The van der Waals surface area contributed by atoms with Gasteiger partial charge in [-0.25, -0.2) is 4.79 Å². The maximum Gasteiger partial charge on any atom is 0.412 e. The van der Waals surface area contributed by atoms with Gasteiger partial charge in [-0.1, -0.05) is 30.8 Å². The van der Waals surface area contributed by atoms with Gasteiger partial charge in [0.05, 0.1) is 16.7 Å². The summed E-state index contributed by atoms with van der Waals surface area (Å²) in [6.45, 7) is 8.03. The predicted octanol–water partition coefficient (Wildman–Crippen LogP) is 3.85. The topological polar surface area (TPSA) is 80.3 Å². The van der Waals surface area contributed by atoms with E-state index in [1.165, 1.54) is 5.57 Å². The van der Waals surface area contributed by atoms with Crippen LogP contribution in [-0.2, 0) is 14.2 Å². The fourth-order valence-corrected chi connectivity index (χ4v) is 5.37. The monoisotopic (exact) mass is 445 g/mol. The molecule has 29 heavy (non-hydrogen) atoms. The fourth-order valence-electron chi connectivity index (χ4n) is 4.46. The van der Waals surface area contributed by atoms with Gasteiger partial charge in [0.25, 0.3) is 0 Å². The lowest BCUT2D eigenvalue weighted by Gasteiger charge is -2.48. The van der Waals surface area contributed by atoms with Crippen molar-refractivity contribution in [1.82, 2.24) is 5.32 Å². The van der Waals surface area contributed by atoms with Crippen molar-refractivity contribution in [3.8, 4) is 0 Å². The molecule has 166 valence electrons. The number of amides is 1. The number of alkyl carbamates (subject to hydrolysis) is 1. The molecule has 8 heteroatoms. The summed E-state index contributed by atoms with van der Waals surface area (Å²) in [4.78, 5) is 12.7. The molecule has 1 saturated carbocycles. The van der Waals surface area contributed by atoms with Gasteiger partial charge in [0.2, 0.25) is 0 Å². The van der Waals surface area contributed by atoms with E-state index in [0.717, 1.165) is 6.42 Å². The van der Waals surface area contributed by atoms with E-state index in [9.17, 15) is 9.90 Å². The number of allylic oxidation sites excluding steroid dienone is 1. The van der Waals surface area contributed by atoms with E-state index in [4.69, 9.17) is 26.4 Å². The second-order valence-electron chi connectivity index (χ2n) is 8.41. The Hall–Kier alpha value is -0.670. The lowest BCUT2D eigenvalue weighted by molar-refractivity contribution is -0.169. The molecule has 6 atom stereocenters. The van der Waals surface area contributed by atoms with Gasteiger partial charge in [0.1, 0.15) is 17.8 Å². The summed E-state index contributed by atoms with van der Waals surface area (Å²) in [6.07, 6.45) is 5.02. The van der Waals surface area contributed by atoms with Gasteiger partial charge < -0.3 is 19.3 Å². The molecular formula is C21H35NO5S2. The highest BCUT2D eigenvalue weighted by molar-refractivity contribution is 7.98. The third-order valence-corrected chi connectivity index (χ3v) is 7.14. The summed E-state index contributed by atoms with van der Waals surface area (Å²) in [7, 11) is 1.60. The number of carbonyl (C=O) groups excluding carboxylic acids is 1. The lowest BCUT2D eigenvalue weighted by Crippen LogP contribution is -2.61. The highest BCUT2D eigenvalue weighted by atomic mass is 32.2. The van der Waals surface area contributed by atoms with E-state index in [1.54, 1.807) is 18.9 Å². The summed E-state index contributed by atoms with van der Waals surface area (Å²) in [5, 5.41) is 14.2. The largest absolute Gasteiger partial charge is 0.443 e. The first-order valence-corrected chi connectivity index (χ1v) is 12.0. The Morgan fingerprint density at radius 1 is 1.45 bits per heavy atom. The van der Waals surface area contributed by atoms with Gasteiger partial charge >= 0.3 is 6.09 Å². The van der Waals surface area contributed by atoms with E-state index in [0.29, 0.717) is 30.0 Å². The highest BCUT2D eigenvalue weighted by Gasteiger charge is 2.67. The molecule has 1 saturated heterocycles. The Morgan fingerprint density at radius 2 is 2.14 bits per heavy atom. The van der Waals surface area contributed by atoms with Crippen LogP contribution >= 0.6 is 24.0 Å². The molecular weight excluding hydrogens is 410 g/mol. The number of epoxide rings is 1. The van der Waals surface area contributed by atoms with Gasteiger partial charge in [0, 0.05) is 18.8 Å². The van der Waals surface area contributed by atoms with Crippen LogP contribution in [0.25, 0.3) is 0 Å². The van der Waals surface area contributed by atoms with Crippen LogP contribution in [0.1, 0.15) is 53.4 Å². The second kappa shape index (κ2) is 10.1. The molecule has 1 amide bonds. The van der Waals surface area contributed by atoms with Crippen LogP contribution in [0.15, 0.2) is 11.6 Å². The molecule has 0 spiro atoms. The number of carbonyl (C=O) groups is 1. The molecule has 0 aromatic rings. The van der Waals surface area contributed by atoms with Crippen LogP contribution in [-0.4, -0.2) is 64.8 Å². The van der Waals surface area contributed by atoms with Crippen molar-refractivity contribution in [2.75, 3.05) is 19.1 Å². The molecule has 2 rings (SSSR count). The molecule has 6 unspecified atom stereocenters. The number of methoxy groups -OCH3 is 1. The first kappa shape index (κ1) is 24.6. The van der Waals surface area contributed by atoms with Crippen LogP contribution in [0.5, 0.6) is 0 Å². The fraction of sp³-hybridized carbons (Fsp3) is 0.810. The Morgan fingerprint density at radius 3 is 2.69 bits per heavy atom. The Labute approximate surface area is 184 Å². The first-order chi connectivity index (χ1) is 13.6. The summed E-state index contributed by atoms with van der Waals surface area (Å²) >= 11 is 6.68. The summed E-state index contributed by atoms with van der Waals surface area (Å²) < 4.78 is 17.6. The molecule has 0 aromatic heterocycles. The summed E-state index contributed by atoms with van der Waals surface area (Å²) in [5.41, 5.74) is -0.253. The van der Waals surface area contributed by atoms with Crippen molar-refractivity contribution in [1.29, 1.82) is 0 Å². The smallest absolute Gasteiger partial charge is 0.412 e. The standard InChI is InChI=1S/C21H35NO5S2/c1-7-16(28)22-19(23)26-14-10-11-21(24,12-29-6)18(17(14)25-5)20(4)15(27-20)9-8-13(2)3/h8,14-15,17-18,24H,7,9-12H2,1-6H3,(H,22,23,28). The van der Waals surface area contributed by atoms with Crippen molar-refractivity contribution in [3.63, 3.8) is 0 Å². The van der Waals surface area contributed by atoms with Gasteiger partial charge in [-0.15, -0.1) is 0 Å². The molecule has 1 heterocycles. The van der Waals surface area contributed by atoms with Gasteiger partial charge in [-0.2, -0.15) is 11.8 Å². The molecule has 0 bridgehead atoms. The van der Waals surface area contributed by atoms with E-state index in [1.807, 2.05) is 20.1 Å². The minimum atomic E-state index is -0.955. The molecule has 0 radical (unpaired) electrons. The number of nitrogens with one attached hydrogen (secondary N) is 1. The van der Waals surface area contributed by atoms with Crippen molar-refractivity contribution in [3.05, 3.63) is 11.6 Å². The minimum absolute atomic E-state index is 0.00803. The molecule has 1 aliphatic carbocycles. The van der Waals surface area contributed by atoms with Crippen molar-refractivity contribution in [2.45, 2.75) is 82.9 Å². The maximum atomic E-state index is 12.3. The van der Waals surface area contributed by atoms with E-state index >= 15 is 0 Å². The maximum absolute atomic E-state index is 12.3. The van der Waals surface area contributed by atoms with Crippen molar-refractivity contribution in [2.24, 2.45) is 5.92 Å². The third kappa shape index (κ3) is 5.73. The molecule has 2 N–H and O–H groups in total. The SMILES string of the molecule is CCC(=S)NC(=O)OC1CCC(O)(CSC)C(C2(C)OC2CC=C(C)C)C1OC. The zero-order valence-electron chi connectivity index (χ0n) is 18.3. The number of thiocarbonyl (C=S) groups is 1. The van der Waals surface area contributed by atoms with Gasteiger partial charge in [-0.3, -0.25) is 5.32 Å². The average Bonchev–Trinajstić information content (AvgIpc) is 3.31. The lowest BCUT2D eigenvalue weighted by atomic mass is 9.66. The first-order valence-electron chi connectivity index (χ1n) is 10.2. The van der Waals surface area contributed by atoms with Crippen LogP contribution in [0, 0.1) is 5.92 Å². The van der Waals surface area contributed by atoms with E-state index < -0.39 is 29.5 Å². The Bertz CT molecular complexity index is 639. The zero-order valence-corrected chi connectivity index (χ0v) is 20.0. The molecule has 1 aliphatic heterocycles. The third-order valence-electron chi connectivity index (χ3n) is 5.96. The van der Waals surface area contributed by atoms with Crippen molar-refractivity contribution < 1.29 is 24.1 Å². The quantitative estimate of drug-likeness (QED) is 0.334. The van der Waals surface area contributed by atoms with Gasteiger partial charge in [-0.05, 0) is 52.7 Å². The van der Waals surface area contributed by atoms with Crippen LogP contribution in [0.3, 0.4) is 0 Å². The Kier molecular flexibility index (Phi) is 8.56. The summed E-state index contributed by atoms with van der Waals surface area (Å²) in [5.74, 6) is 0.262. The number of rotatable bonds is 8. The van der Waals surface area contributed by atoms with E-state index in [-0.39, 0.29) is 12.0 Å². The minimum Gasteiger partial charge on any atom is -0.443 e. The molecule has 2 fully saturated rings.